The number of ether oxygens (including phenoxy) is 1. The second kappa shape index (κ2) is 7.84. The van der Waals surface area contributed by atoms with Crippen molar-refractivity contribution in [2.75, 3.05) is 6.61 Å². The third-order valence-corrected chi connectivity index (χ3v) is 9.45. The quantitative estimate of drug-likeness (QED) is 0.278. The summed E-state index contributed by atoms with van der Waals surface area (Å²) in [5.74, 6) is 0. The molecular weight excluding hydrogens is 481 g/mol. The van der Waals surface area contributed by atoms with Crippen LogP contribution in [0.1, 0.15) is 11.8 Å². The predicted octanol–water partition coefficient (Wildman–Crippen LogP) is 0.222. The molecule has 2 aliphatic heterocycles. The molecule has 2 fully saturated rings. The van der Waals surface area contributed by atoms with Crippen LogP contribution in [-0.4, -0.2) is 54.5 Å². The number of hydrogen-bond acceptors (Lipinski definition) is 12. The number of aromatic nitrogens is 2. The van der Waals surface area contributed by atoms with Gasteiger partial charge < -0.3 is 24.7 Å². The maximum absolute atomic E-state index is 12.2. The zero-order valence-corrected chi connectivity index (χ0v) is 17.8. The molecule has 5 N–H and O–H groups in total. The van der Waals surface area contributed by atoms with Crippen LogP contribution in [0, 0.1) is 11.7 Å². The number of aromatic amines is 1. The standard InChI is InChI=1S/C10H15N2O13P3S/c1-4-2-12(10(29)11-8(4)15)9-7(14)6(13)5(22-9)3-21-28(20)24-26(16,17)23-27(18,19)25-28/h2,5-7,9,13-14H,3H2,1H3,(H,16,17)(H,18,19)(H,11,15,29)/t5-,6?,7+,9-/m1/s1. The van der Waals surface area contributed by atoms with E-state index in [1.165, 1.54) is 13.1 Å². The zero-order valence-electron chi connectivity index (χ0n) is 14.3. The lowest BCUT2D eigenvalue weighted by atomic mass is 10.1. The minimum atomic E-state index is -5.23. The van der Waals surface area contributed by atoms with Crippen molar-refractivity contribution in [1.29, 1.82) is 0 Å². The SMILES string of the molecule is Cc1cn([C@@H]2O[C@H](COP3(=O)OP(=O)(O)OP(=O)(O)O3)C(O)[C@@H]2O)c(=S)[nH]c1=O. The molecule has 3 heterocycles. The van der Waals surface area contributed by atoms with E-state index in [9.17, 15) is 38.5 Å². The van der Waals surface area contributed by atoms with Crippen molar-refractivity contribution in [1.82, 2.24) is 9.55 Å². The van der Waals surface area contributed by atoms with Crippen molar-refractivity contribution < 1.29 is 55.9 Å². The number of rotatable bonds is 4. The van der Waals surface area contributed by atoms with E-state index in [2.05, 4.69) is 22.4 Å². The number of H-pyrrole nitrogens is 1. The number of nitrogens with zero attached hydrogens (tertiary/aromatic N) is 1. The first-order chi connectivity index (χ1) is 13.2. The molecule has 19 heteroatoms. The topological polar surface area (TPSA) is 216 Å². The molecule has 2 aliphatic rings. The van der Waals surface area contributed by atoms with E-state index >= 15 is 0 Å². The highest BCUT2D eigenvalue weighted by molar-refractivity contribution is 7.74. The summed E-state index contributed by atoms with van der Waals surface area (Å²) in [6, 6.07) is 0. The third-order valence-electron chi connectivity index (χ3n) is 3.77. The summed E-state index contributed by atoms with van der Waals surface area (Å²) < 4.78 is 58.0. The molecule has 3 rings (SSSR count). The molecule has 164 valence electrons. The zero-order chi connectivity index (χ0) is 21.8. The van der Waals surface area contributed by atoms with Crippen molar-refractivity contribution >= 4 is 35.7 Å². The highest BCUT2D eigenvalue weighted by Gasteiger charge is 2.55. The second-order valence-corrected chi connectivity index (χ2v) is 11.3. The molecule has 2 saturated heterocycles. The van der Waals surface area contributed by atoms with Gasteiger partial charge in [0.1, 0.15) is 18.3 Å². The van der Waals surface area contributed by atoms with Gasteiger partial charge in [-0.3, -0.25) is 18.9 Å². The normalized spacial score (nSPS) is 42.8. The van der Waals surface area contributed by atoms with Crippen molar-refractivity contribution in [3.05, 3.63) is 26.9 Å². The number of hydrogen-bond donors (Lipinski definition) is 5. The van der Waals surface area contributed by atoms with Gasteiger partial charge in [-0.1, -0.05) is 0 Å². The van der Waals surface area contributed by atoms with E-state index in [1.807, 2.05) is 0 Å². The fourth-order valence-electron chi connectivity index (χ4n) is 2.51. The van der Waals surface area contributed by atoms with Crippen LogP contribution in [0.15, 0.2) is 11.0 Å². The average molecular weight is 496 g/mol. The number of nitrogens with one attached hydrogen (secondary N) is 1. The summed E-state index contributed by atoms with van der Waals surface area (Å²) in [4.78, 5) is 32.3. The Kier molecular flexibility index (Phi) is 6.25. The Hall–Kier alpha value is -0.570. The highest BCUT2D eigenvalue weighted by Crippen LogP contribution is 2.80. The number of aliphatic hydroxyl groups is 2. The monoisotopic (exact) mass is 496 g/mol. The van der Waals surface area contributed by atoms with Gasteiger partial charge in [0.15, 0.2) is 11.0 Å². The lowest BCUT2D eigenvalue weighted by molar-refractivity contribution is -0.0537. The van der Waals surface area contributed by atoms with Crippen molar-refractivity contribution in [3.8, 4) is 0 Å². The fourth-order valence-corrected chi connectivity index (χ4v) is 7.70. The van der Waals surface area contributed by atoms with E-state index in [0.29, 0.717) is 0 Å². The summed E-state index contributed by atoms with van der Waals surface area (Å²) in [6.45, 7) is 0.607. The molecule has 0 aromatic carbocycles. The fraction of sp³-hybridized carbons (Fsp3) is 0.600. The van der Waals surface area contributed by atoms with Crippen LogP contribution in [-0.2, 0) is 35.9 Å². The van der Waals surface area contributed by atoms with Gasteiger partial charge in [-0.15, -0.1) is 0 Å². The van der Waals surface area contributed by atoms with Crippen LogP contribution in [0.4, 0.5) is 0 Å². The lowest BCUT2D eigenvalue weighted by Crippen LogP contribution is -2.34. The average Bonchev–Trinajstić information content (AvgIpc) is 2.81. The van der Waals surface area contributed by atoms with Crippen molar-refractivity contribution in [2.45, 2.75) is 31.5 Å². The lowest BCUT2D eigenvalue weighted by Gasteiger charge is -2.27. The first-order valence-electron chi connectivity index (χ1n) is 7.60. The maximum atomic E-state index is 12.2. The molecule has 6 atom stereocenters. The predicted molar refractivity (Wildman–Crippen MR) is 93.0 cm³/mol. The third kappa shape index (κ3) is 5.02. The number of aliphatic hydroxyl groups excluding tert-OH is 2. The molecule has 0 saturated carbocycles. The molecule has 0 bridgehead atoms. The first kappa shape index (κ1) is 23.1. The van der Waals surface area contributed by atoms with Crippen LogP contribution in [0.3, 0.4) is 0 Å². The van der Waals surface area contributed by atoms with Crippen LogP contribution >= 0.6 is 35.7 Å². The summed E-state index contributed by atoms with van der Waals surface area (Å²) in [5.41, 5.74) is -0.234. The Morgan fingerprint density at radius 3 is 2.34 bits per heavy atom. The molecule has 0 spiro atoms. The molecule has 3 unspecified atom stereocenters. The Morgan fingerprint density at radius 2 is 1.76 bits per heavy atom. The van der Waals surface area contributed by atoms with Crippen LogP contribution < -0.4 is 5.56 Å². The first-order valence-corrected chi connectivity index (χ1v) is 12.5. The highest BCUT2D eigenvalue weighted by atomic mass is 32.1. The van der Waals surface area contributed by atoms with E-state index in [0.717, 1.165) is 4.57 Å². The van der Waals surface area contributed by atoms with Crippen LogP contribution in [0.2, 0.25) is 0 Å². The second-order valence-electron chi connectivity index (χ2n) is 5.95. The summed E-state index contributed by atoms with van der Waals surface area (Å²) in [7, 11) is -15.5. The minimum Gasteiger partial charge on any atom is -0.387 e. The Morgan fingerprint density at radius 1 is 1.17 bits per heavy atom. The Balaban J connectivity index is 1.76. The van der Waals surface area contributed by atoms with Gasteiger partial charge in [-0.25, -0.2) is 13.7 Å². The van der Waals surface area contributed by atoms with Gasteiger partial charge in [0.2, 0.25) is 0 Å². The van der Waals surface area contributed by atoms with Gasteiger partial charge in [0, 0.05) is 11.8 Å². The molecule has 15 nitrogen and oxygen atoms in total. The largest absolute Gasteiger partial charge is 0.492 e. The summed E-state index contributed by atoms with van der Waals surface area (Å²) in [5, 5.41) is 20.4. The molecule has 1 aromatic rings. The molecule has 1 aromatic heterocycles. The Labute approximate surface area is 166 Å². The molecule has 0 radical (unpaired) electrons. The van der Waals surface area contributed by atoms with Gasteiger partial charge in [0.25, 0.3) is 5.56 Å². The smallest absolute Gasteiger partial charge is 0.387 e. The Bertz CT molecular complexity index is 1040. The molecule has 29 heavy (non-hydrogen) atoms. The van der Waals surface area contributed by atoms with E-state index in [-0.39, 0.29) is 10.3 Å². The van der Waals surface area contributed by atoms with Gasteiger partial charge in [0.05, 0.1) is 6.61 Å². The van der Waals surface area contributed by atoms with Crippen molar-refractivity contribution in [2.24, 2.45) is 0 Å². The van der Waals surface area contributed by atoms with Crippen molar-refractivity contribution in [3.63, 3.8) is 0 Å². The van der Waals surface area contributed by atoms with E-state index < -0.39 is 60.2 Å². The maximum Gasteiger partial charge on any atom is 0.492 e. The molecular formula is C10H15N2O13P3S. The van der Waals surface area contributed by atoms with Crippen LogP contribution in [0.5, 0.6) is 0 Å². The molecule has 0 amide bonds. The number of aryl methyl sites for hydroxylation is 1. The summed E-state index contributed by atoms with van der Waals surface area (Å²) >= 11 is 4.99. The minimum absolute atomic E-state index is 0.121. The van der Waals surface area contributed by atoms with E-state index in [4.69, 9.17) is 17.0 Å². The van der Waals surface area contributed by atoms with Gasteiger partial charge in [-0.05, 0) is 19.1 Å². The van der Waals surface area contributed by atoms with Gasteiger partial charge in [-0.2, -0.15) is 12.9 Å². The number of phosphoric acid groups is 3. The van der Waals surface area contributed by atoms with E-state index in [1.54, 1.807) is 0 Å². The summed E-state index contributed by atoms with van der Waals surface area (Å²) in [6.07, 6.45) is -4.62. The van der Waals surface area contributed by atoms with Gasteiger partial charge >= 0.3 is 23.5 Å². The van der Waals surface area contributed by atoms with Crippen LogP contribution in [0.25, 0.3) is 0 Å². The molecule has 0 aliphatic carbocycles.